The standard InChI is InChI=1S/C14H18O2/c1-2-3-10-14(16)12-7-5-4-6-11(12)8-9-13(14)15/h4-9,13,15-16H,2-3,10H2,1H3. The molecule has 0 heterocycles. The van der Waals surface area contributed by atoms with E-state index >= 15 is 0 Å². The lowest BCUT2D eigenvalue weighted by Gasteiger charge is -2.36. The van der Waals surface area contributed by atoms with Crippen LogP contribution in [-0.4, -0.2) is 16.3 Å². The average molecular weight is 218 g/mol. The van der Waals surface area contributed by atoms with Gasteiger partial charge in [0.15, 0.2) is 0 Å². The van der Waals surface area contributed by atoms with Crippen molar-refractivity contribution in [3.8, 4) is 0 Å². The minimum Gasteiger partial charge on any atom is -0.386 e. The first-order chi connectivity index (χ1) is 7.68. The molecule has 0 aromatic heterocycles. The van der Waals surface area contributed by atoms with Gasteiger partial charge in [-0.1, -0.05) is 56.2 Å². The summed E-state index contributed by atoms with van der Waals surface area (Å²) in [6, 6.07) is 7.72. The molecule has 0 spiro atoms. The second-order valence-electron chi connectivity index (χ2n) is 4.42. The SMILES string of the molecule is CCCCC1(O)c2ccccc2C=CC1O. The van der Waals surface area contributed by atoms with Gasteiger partial charge in [0.2, 0.25) is 0 Å². The van der Waals surface area contributed by atoms with Gasteiger partial charge in [-0.2, -0.15) is 0 Å². The summed E-state index contributed by atoms with van der Waals surface area (Å²) < 4.78 is 0. The van der Waals surface area contributed by atoms with E-state index in [0.717, 1.165) is 24.0 Å². The lowest BCUT2D eigenvalue weighted by Crippen LogP contribution is -2.40. The zero-order chi connectivity index (χ0) is 11.6. The highest BCUT2D eigenvalue weighted by Crippen LogP contribution is 2.37. The molecule has 86 valence electrons. The first-order valence-electron chi connectivity index (χ1n) is 5.86. The molecule has 1 aliphatic carbocycles. The highest BCUT2D eigenvalue weighted by molar-refractivity contribution is 5.59. The van der Waals surface area contributed by atoms with Crippen molar-refractivity contribution in [2.45, 2.75) is 37.9 Å². The maximum absolute atomic E-state index is 10.6. The zero-order valence-corrected chi connectivity index (χ0v) is 9.56. The third kappa shape index (κ3) is 1.79. The summed E-state index contributed by atoms with van der Waals surface area (Å²) >= 11 is 0. The van der Waals surface area contributed by atoms with E-state index < -0.39 is 11.7 Å². The fourth-order valence-corrected chi connectivity index (χ4v) is 2.28. The quantitative estimate of drug-likeness (QED) is 0.818. The Bertz CT molecular complexity index is 397. The molecule has 0 saturated carbocycles. The Morgan fingerprint density at radius 3 is 2.81 bits per heavy atom. The first-order valence-corrected chi connectivity index (χ1v) is 5.86. The summed E-state index contributed by atoms with van der Waals surface area (Å²) in [7, 11) is 0. The van der Waals surface area contributed by atoms with E-state index in [-0.39, 0.29) is 0 Å². The Balaban J connectivity index is 2.40. The number of benzene rings is 1. The molecule has 0 amide bonds. The summed E-state index contributed by atoms with van der Waals surface area (Å²) in [6.07, 6.45) is 5.29. The van der Waals surface area contributed by atoms with Crippen molar-refractivity contribution in [1.82, 2.24) is 0 Å². The number of fused-ring (bicyclic) bond motifs is 1. The molecule has 1 aromatic carbocycles. The van der Waals surface area contributed by atoms with Gasteiger partial charge in [-0.25, -0.2) is 0 Å². The highest BCUT2D eigenvalue weighted by Gasteiger charge is 2.38. The number of aliphatic hydroxyl groups is 2. The minimum atomic E-state index is -1.11. The molecular formula is C14H18O2. The van der Waals surface area contributed by atoms with Gasteiger partial charge < -0.3 is 10.2 Å². The van der Waals surface area contributed by atoms with Crippen LogP contribution in [0.25, 0.3) is 6.08 Å². The third-order valence-corrected chi connectivity index (χ3v) is 3.29. The van der Waals surface area contributed by atoms with Crippen LogP contribution in [0.2, 0.25) is 0 Å². The second kappa shape index (κ2) is 4.40. The number of rotatable bonds is 3. The van der Waals surface area contributed by atoms with Crippen LogP contribution in [0.1, 0.15) is 37.3 Å². The molecule has 2 heteroatoms. The van der Waals surface area contributed by atoms with Crippen molar-refractivity contribution >= 4 is 6.08 Å². The molecule has 0 saturated heterocycles. The van der Waals surface area contributed by atoms with Crippen molar-refractivity contribution in [2.24, 2.45) is 0 Å². The average Bonchev–Trinajstić information content (AvgIpc) is 2.32. The van der Waals surface area contributed by atoms with E-state index in [4.69, 9.17) is 0 Å². The van der Waals surface area contributed by atoms with E-state index in [1.807, 2.05) is 30.3 Å². The summed E-state index contributed by atoms with van der Waals surface area (Å²) in [6.45, 7) is 2.08. The van der Waals surface area contributed by atoms with Crippen LogP contribution in [0.4, 0.5) is 0 Å². The van der Waals surface area contributed by atoms with E-state index in [0.29, 0.717) is 6.42 Å². The van der Waals surface area contributed by atoms with E-state index in [1.54, 1.807) is 6.08 Å². The maximum atomic E-state index is 10.6. The van der Waals surface area contributed by atoms with Crippen LogP contribution in [0, 0.1) is 0 Å². The van der Waals surface area contributed by atoms with Crippen molar-refractivity contribution in [3.05, 3.63) is 41.5 Å². The molecule has 0 bridgehead atoms. The first kappa shape index (κ1) is 11.4. The lowest BCUT2D eigenvalue weighted by molar-refractivity contribution is -0.0663. The molecule has 1 aliphatic rings. The second-order valence-corrected chi connectivity index (χ2v) is 4.42. The van der Waals surface area contributed by atoms with E-state index in [9.17, 15) is 10.2 Å². The molecule has 2 unspecified atom stereocenters. The van der Waals surface area contributed by atoms with Crippen LogP contribution >= 0.6 is 0 Å². The fourth-order valence-electron chi connectivity index (χ4n) is 2.28. The molecule has 2 atom stereocenters. The van der Waals surface area contributed by atoms with Gasteiger partial charge in [-0.15, -0.1) is 0 Å². The van der Waals surface area contributed by atoms with E-state index in [1.165, 1.54) is 0 Å². The Kier molecular flexibility index (Phi) is 3.13. The highest BCUT2D eigenvalue weighted by atomic mass is 16.3. The van der Waals surface area contributed by atoms with Gasteiger partial charge in [0.25, 0.3) is 0 Å². The molecule has 0 aliphatic heterocycles. The van der Waals surface area contributed by atoms with Crippen LogP contribution in [0.15, 0.2) is 30.3 Å². The Morgan fingerprint density at radius 2 is 2.06 bits per heavy atom. The molecule has 2 rings (SSSR count). The summed E-state index contributed by atoms with van der Waals surface area (Å²) in [5.74, 6) is 0. The number of hydrogen-bond donors (Lipinski definition) is 2. The van der Waals surface area contributed by atoms with Gasteiger partial charge in [-0.3, -0.25) is 0 Å². The number of aliphatic hydroxyl groups excluding tert-OH is 1. The van der Waals surface area contributed by atoms with Crippen LogP contribution < -0.4 is 0 Å². The third-order valence-electron chi connectivity index (χ3n) is 3.29. The largest absolute Gasteiger partial charge is 0.386 e. The lowest BCUT2D eigenvalue weighted by atomic mass is 9.78. The predicted molar refractivity (Wildman–Crippen MR) is 64.9 cm³/mol. The smallest absolute Gasteiger partial charge is 0.120 e. The number of hydrogen-bond acceptors (Lipinski definition) is 2. The maximum Gasteiger partial charge on any atom is 0.120 e. The van der Waals surface area contributed by atoms with Crippen molar-refractivity contribution < 1.29 is 10.2 Å². The van der Waals surface area contributed by atoms with Gasteiger partial charge in [-0.05, 0) is 17.5 Å². The molecule has 16 heavy (non-hydrogen) atoms. The normalized spacial score (nSPS) is 27.8. The molecular weight excluding hydrogens is 200 g/mol. The van der Waals surface area contributed by atoms with Crippen molar-refractivity contribution in [2.75, 3.05) is 0 Å². The van der Waals surface area contributed by atoms with Gasteiger partial charge in [0.1, 0.15) is 11.7 Å². The predicted octanol–water partition coefficient (Wildman–Crippen LogP) is 2.45. The zero-order valence-electron chi connectivity index (χ0n) is 9.56. The fraction of sp³-hybridized carbons (Fsp3) is 0.429. The molecule has 0 radical (unpaired) electrons. The monoisotopic (exact) mass is 218 g/mol. The van der Waals surface area contributed by atoms with E-state index in [2.05, 4.69) is 6.92 Å². The summed E-state index contributed by atoms with van der Waals surface area (Å²) in [4.78, 5) is 0. The Hall–Kier alpha value is -1.12. The number of unbranched alkanes of at least 4 members (excludes halogenated alkanes) is 1. The minimum absolute atomic E-state index is 0.603. The van der Waals surface area contributed by atoms with Gasteiger partial charge in [0.05, 0.1) is 0 Å². The van der Waals surface area contributed by atoms with Crippen LogP contribution in [-0.2, 0) is 5.60 Å². The topological polar surface area (TPSA) is 40.5 Å². The molecule has 2 N–H and O–H groups in total. The summed E-state index contributed by atoms with van der Waals surface area (Å²) in [5, 5.41) is 20.6. The Labute approximate surface area is 96.2 Å². The van der Waals surface area contributed by atoms with Gasteiger partial charge >= 0.3 is 0 Å². The van der Waals surface area contributed by atoms with Crippen LogP contribution in [0.5, 0.6) is 0 Å². The molecule has 0 fully saturated rings. The van der Waals surface area contributed by atoms with Gasteiger partial charge in [0, 0.05) is 0 Å². The molecule has 2 nitrogen and oxygen atoms in total. The van der Waals surface area contributed by atoms with Crippen LogP contribution in [0.3, 0.4) is 0 Å². The van der Waals surface area contributed by atoms with Crippen molar-refractivity contribution in [3.63, 3.8) is 0 Å². The molecule has 1 aromatic rings. The Morgan fingerprint density at radius 1 is 1.31 bits per heavy atom. The van der Waals surface area contributed by atoms with Crippen molar-refractivity contribution in [1.29, 1.82) is 0 Å². The summed E-state index contributed by atoms with van der Waals surface area (Å²) in [5.41, 5.74) is 0.742.